The SMILES string of the molecule is O=C(CN1CCCCC1)NC(=O)NCn1cnc2ccccc2c1=O. The molecule has 0 radical (unpaired) electrons. The Kier molecular flexibility index (Phi) is 5.39. The van der Waals surface area contributed by atoms with Crippen LogP contribution < -0.4 is 16.2 Å². The van der Waals surface area contributed by atoms with E-state index in [2.05, 4.69) is 15.6 Å². The third kappa shape index (κ3) is 4.42. The zero-order valence-electron chi connectivity index (χ0n) is 13.9. The minimum atomic E-state index is -0.623. The molecule has 1 aromatic carbocycles. The van der Waals surface area contributed by atoms with Gasteiger partial charge in [0.1, 0.15) is 6.67 Å². The molecular formula is C17H21N5O3. The van der Waals surface area contributed by atoms with E-state index in [0.29, 0.717) is 10.9 Å². The van der Waals surface area contributed by atoms with Gasteiger partial charge in [0, 0.05) is 0 Å². The van der Waals surface area contributed by atoms with Crippen LogP contribution >= 0.6 is 0 Å². The van der Waals surface area contributed by atoms with Crippen LogP contribution in [-0.4, -0.2) is 46.0 Å². The van der Waals surface area contributed by atoms with Gasteiger partial charge in [0.2, 0.25) is 5.91 Å². The molecule has 1 aromatic heterocycles. The quantitative estimate of drug-likeness (QED) is 0.850. The topological polar surface area (TPSA) is 96.3 Å². The number of nitrogens with zero attached hydrogens (tertiary/aromatic N) is 3. The van der Waals surface area contributed by atoms with Crippen molar-refractivity contribution < 1.29 is 9.59 Å². The molecule has 25 heavy (non-hydrogen) atoms. The van der Waals surface area contributed by atoms with Crippen LogP contribution in [0.1, 0.15) is 19.3 Å². The highest BCUT2D eigenvalue weighted by atomic mass is 16.2. The van der Waals surface area contributed by atoms with Gasteiger partial charge in [-0.3, -0.25) is 24.4 Å². The minimum Gasteiger partial charge on any atom is -0.320 e. The van der Waals surface area contributed by atoms with Crippen molar-refractivity contribution in [2.75, 3.05) is 19.6 Å². The van der Waals surface area contributed by atoms with Crippen molar-refractivity contribution in [3.63, 3.8) is 0 Å². The summed E-state index contributed by atoms with van der Waals surface area (Å²) in [6.07, 6.45) is 4.72. The molecule has 0 unspecified atom stereocenters. The Balaban J connectivity index is 1.52. The van der Waals surface area contributed by atoms with Crippen LogP contribution in [0.2, 0.25) is 0 Å². The minimum absolute atomic E-state index is 0.0561. The van der Waals surface area contributed by atoms with Crippen molar-refractivity contribution in [2.24, 2.45) is 0 Å². The summed E-state index contributed by atoms with van der Waals surface area (Å²) < 4.78 is 1.29. The van der Waals surface area contributed by atoms with Crippen LogP contribution in [0, 0.1) is 0 Å². The van der Waals surface area contributed by atoms with Gasteiger partial charge in [0.15, 0.2) is 0 Å². The van der Waals surface area contributed by atoms with Crippen molar-refractivity contribution in [1.29, 1.82) is 0 Å². The van der Waals surface area contributed by atoms with E-state index in [4.69, 9.17) is 0 Å². The molecule has 1 aliphatic heterocycles. The lowest BCUT2D eigenvalue weighted by atomic mass is 10.1. The van der Waals surface area contributed by atoms with Crippen molar-refractivity contribution in [1.82, 2.24) is 25.1 Å². The molecule has 0 atom stereocenters. The van der Waals surface area contributed by atoms with Crippen molar-refractivity contribution >= 4 is 22.8 Å². The van der Waals surface area contributed by atoms with Crippen molar-refractivity contribution in [3.8, 4) is 0 Å². The summed E-state index contributed by atoms with van der Waals surface area (Å²) in [7, 11) is 0. The van der Waals surface area contributed by atoms with Gasteiger partial charge in [-0.05, 0) is 38.1 Å². The Bertz CT molecular complexity index is 826. The van der Waals surface area contributed by atoms with Gasteiger partial charge in [-0.25, -0.2) is 9.78 Å². The van der Waals surface area contributed by atoms with Gasteiger partial charge < -0.3 is 5.32 Å². The molecule has 3 rings (SSSR count). The Morgan fingerprint density at radius 2 is 1.88 bits per heavy atom. The summed E-state index contributed by atoms with van der Waals surface area (Å²) in [6, 6.07) is 6.37. The zero-order valence-corrected chi connectivity index (χ0v) is 13.9. The molecule has 2 heterocycles. The van der Waals surface area contributed by atoms with E-state index < -0.39 is 6.03 Å². The molecule has 3 amide bonds. The highest BCUT2D eigenvalue weighted by molar-refractivity contribution is 5.95. The van der Waals surface area contributed by atoms with Crippen LogP contribution in [0.5, 0.6) is 0 Å². The fourth-order valence-electron chi connectivity index (χ4n) is 2.91. The largest absolute Gasteiger partial charge is 0.322 e. The van der Waals surface area contributed by atoms with Gasteiger partial charge in [-0.1, -0.05) is 18.6 Å². The average Bonchev–Trinajstić information content (AvgIpc) is 2.62. The summed E-state index contributed by atoms with van der Waals surface area (Å²) in [5, 5.41) is 5.27. The molecule has 1 saturated heterocycles. The number of hydrogen-bond donors (Lipinski definition) is 2. The lowest BCUT2D eigenvalue weighted by Crippen LogP contribution is -2.46. The molecule has 0 aliphatic carbocycles. The number of carbonyl (C=O) groups excluding carboxylic acids is 2. The van der Waals surface area contributed by atoms with E-state index >= 15 is 0 Å². The van der Waals surface area contributed by atoms with E-state index in [-0.39, 0.29) is 24.7 Å². The predicted octanol–water partition coefficient (Wildman–Crippen LogP) is 0.666. The van der Waals surface area contributed by atoms with E-state index in [9.17, 15) is 14.4 Å². The number of piperidine rings is 1. The molecule has 132 valence electrons. The normalized spacial score (nSPS) is 15.0. The Labute approximate surface area is 144 Å². The average molecular weight is 343 g/mol. The predicted molar refractivity (Wildman–Crippen MR) is 93.0 cm³/mol. The van der Waals surface area contributed by atoms with Crippen molar-refractivity contribution in [3.05, 3.63) is 40.9 Å². The van der Waals surface area contributed by atoms with Crippen LogP contribution in [0.4, 0.5) is 4.79 Å². The molecule has 0 saturated carbocycles. The summed E-state index contributed by atoms with van der Waals surface area (Å²) in [5.74, 6) is -0.344. The van der Waals surface area contributed by atoms with Crippen LogP contribution in [0.25, 0.3) is 10.9 Å². The lowest BCUT2D eigenvalue weighted by Gasteiger charge is -2.25. The zero-order chi connectivity index (χ0) is 17.6. The third-order valence-corrected chi connectivity index (χ3v) is 4.21. The lowest BCUT2D eigenvalue weighted by molar-refractivity contribution is -0.121. The molecule has 1 aliphatic rings. The van der Waals surface area contributed by atoms with Gasteiger partial charge in [-0.15, -0.1) is 0 Å². The maximum atomic E-state index is 12.3. The number of amides is 3. The first-order valence-electron chi connectivity index (χ1n) is 8.38. The maximum absolute atomic E-state index is 12.3. The second-order valence-electron chi connectivity index (χ2n) is 6.09. The first-order valence-corrected chi connectivity index (χ1v) is 8.38. The number of para-hydroxylation sites is 1. The Hall–Kier alpha value is -2.74. The number of aromatic nitrogens is 2. The van der Waals surface area contributed by atoms with Crippen LogP contribution in [-0.2, 0) is 11.5 Å². The number of carbonyl (C=O) groups is 2. The smallest absolute Gasteiger partial charge is 0.320 e. The molecule has 1 fully saturated rings. The van der Waals surface area contributed by atoms with Gasteiger partial charge in [-0.2, -0.15) is 0 Å². The fourth-order valence-corrected chi connectivity index (χ4v) is 2.91. The maximum Gasteiger partial charge on any atom is 0.322 e. The van der Waals surface area contributed by atoms with Gasteiger partial charge in [0.25, 0.3) is 5.56 Å². The second-order valence-corrected chi connectivity index (χ2v) is 6.09. The second kappa shape index (κ2) is 7.89. The number of benzene rings is 1. The van der Waals surface area contributed by atoms with E-state index in [0.717, 1.165) is 25.9 Å². The fraction of sp³-hybridized carbons (Fsp3) is 0.412. The molecule has 0 spiro atoms. The van der Waals surface area contributed by atoms with Gasteiger partial charge in [0.05, 0.1) is 23.8 Å². The van der Waals surface area contributed by atoms with E-state index in [1.165, 1.54) is 17.3 Å². The summed E-state index contributed by atoms with van der Waals surface area (Å²) in [5.41, 5.74) is 0.357. The molecular weight excluding hydrogens is 322 g/mol. The molecule has 8 heteroatoms. The summed E-state index contributed by atoms with van der Waals surface area (Å²) in [6.45, 7) is 1.92. The third-order valence-electron chi connectivity index (χ3n) is 4.21. The van der Waals surface area contributed by atoms with E-state index in [1.807, 2.05) is 4.90 Å². The number of urea groups is 1. The number of imide groups is 1. The first kappa shape index (κ1) is 17.1. The highest BCUT2D eigenvalue weighted by Gasteiger charge is 2.15. The Morgan fingerprint density at radius 3 is 2.68 bits per heavy atom. The van der Waals surface area contributed by atoms with Gasteiger partial charge >= 0.3 is 6.03 Å². The number of rotatable bonds is 4. The van der Waals surface area contributed by atoms with Crippen molar-refractivity contribution in [2.45, 2.75) is 25.9 Å². The summed E-state index contributed by atoms with van der Waals surface area (Å²) in [4.78, 5) is 42.2. The number of nitrogens with one attached hydrogen (secondary N) is 2. The molecule has 0 bridgehead atoms. The highest BCUT2D eigenvalue weighted by Crippen LogP contribution is 2.07. The molecule has 8 nitrogen and oxygen atoms in total. The van der Waals surface area contributed by atoms with E-state index in [1.54, 1.807) is 24.3 Å². The molecule has 2 N–H and O–H groups in total. The number of fused-ring (bicyclic) bond motifs is 1. The first-order chi connectivity index (χ1) is 12.1. The Morgan fingerprint density at radius 1 is 1.12 bits per heavy atom. The molecule has 2 aromatic rings. The number of likely N-dealkylation sites (tertiary alicyclic amines) is 1. The standard InChI is InChI=1S/C17H21N5O3/c23-15(10-21-8-4-1-5-9-21)20-17(25)19-12-22-11-18-14-7-3-2-6-13(14)16(22)24/h2-3,6-7,11H,1,4-5,8-10,12H2,(H2,19,20,23,25). The monoisotopic (exact) mass is 343 g/mol. The summed E-state index contributed by atoms with van der Waals surface area (Å²) >= 11 is 0. The van der Waals surface area contributed by atoms with Crippen LogP contribution in [0.3, 0.4) is 0 Å². The number of hydrogen-bond acceptors (Lipinski definition) is 5. The van der Waals surface area contributed by atoms with Crippen LogP contribution in [0.15, 0.2) is 35.4 Å².